The van der Waals surface area contributed by atoms with E-state index in [2.05, 4.69) is 22.1 Å². The van der Waals surface area contributed by atoms with E-state index in [0.29, 0.717) is 6.42 Å². The highest BCUT2D eigenvalue weighted by Crippen LogP contribution is 2.06. The number of aliphatic carboxylic acids is 1. The Hall–Kier alpha value is -0.870. The van der Waals surface area contributed by atoms with Gasteiger partial charge in [0.1, 0.15) is 0 Å². The molecule has 3 nitrogen and oxygen atoms in total. The van der Waals surface area contributed by atoms with Gasteiger partial charge in [0.25, 0.3) is 0 Å². The summed E-state index contributed by atoms with van der Waals surface area (Å²) < 4.78 is 0. The van der Waals surface area contributed by atoms with Crippen molar-refractivity contribution in [3.8, 4) is 0 Å². The number of thiophene rings is 1. The lowest BCUT2D eigenvalue weighted by Gasteiger charge is -2.11. The average Bonchev–Trinajstić information content (AvgIpc) is 2.67. The third kappa shape index (κ3) is 5.54. The van der Waals surface area contributed by atoms with Crippen LogP contribution in [-0.2, 0) is 11.2 Å². The Morgan fingerprint density at radius 3 is 3.07 bits per heavy atom. The van der Waals surface area contributed by atoms with Crippen LogP contribution in [-0.4, -0.2) is 23.7 Å². The van der Waals surface area contributed by atoms with E-state index in [1.807, 2.05) is 6.92 Å². The van der Waals surface area contributed by atoms with Crippen molar-refractivity contribution < 1.29 is 9.90 Å². The monoisotopic (exact) mass is 227 g/mol. The quantitative estimate of drug-likeness (QED) is 0.750. The molecule has 15 heavy (non-hydrogen) atoms. The second kappa shape index (κ2) is 6.58. The maximum Gasteiger partial charge on any atom is 0.303 e. The first kappa shape index (κ1) is 12.2. The van der Waals surface area contributed by atoms with E-state index in [1.54, 1.807) is 11.3 Å². The number of nitrogens with one attached hydrogen (secondary N) is 1. The second-order valence-corrected chi connectivity index (χ2v) is 4.45. The van der Waals surface area contributed by atoms with Crippen LogP contribution >= 0.6 is 11.3 Å². The summed E-state index contributed by atoms with van der Waals surface area (Å²) in [5.41, 5.74) is 1.35. The van der Waals surface area contributed by atoms with Crippen molar-refractivity contribution in [1.82, 2.24) is 5.32 Å². The molecule has 1 heterocycles. The molecule has 0 amide bonds. The molecule has 0 aliphatic rings. The lowest BCUT2D eigenvalue weighted by Crippen LogP contribution is -2.28. The lowest BCUT2D eigenvalue weighted by atomic mass is 10.1. The van der Waals surface area contributed by atoms with Gasteiger partial charge in [0.2, 0.25) is 0 Å². The van der Waals surface area contributed by atoms with E-state index >= 15 is 0 Å². The molecule has 1 aromatic rings. The first-order valence-electron chi connectivity index (χ1n) is 5.14. The molecular formula is C11H17NO2S. The first-order valence-corrected chi connectivity index (χ1v) is 6.09. The van der Waals surface area contributed by atoms with Crippen molar-refractivity contribution in [2.75, 3.05) is 6.54 Å². The molecule has 84 valence electrons. The van der Waals surface area contributed by atoms with Gasteiger partial charge in [-0.15, -0.1) is 0 Å². The number of carbonyl (C=O) groups is 1. The summed E-state index contributed by atoms with van der Waals surface area (Å²) in [6, 6.07) is 2.40. The van der Waals surface area contributed by atoms with Crippen LogP contribution in [0, 0.1) is 0 Å². The third-order valence-corrected chi connectivity index (χ3v) is 3.01. The van der Waals surface area contributed by atoms with Gasteiger partial charge in [0, 0.05) is 12.5 Å². The summed E-state index contributed by atoms with van der Waals surface area (Å²) in [6.45, 7) is 2.94. The molecule has 0 saturated heterocycles. The molecule has 0 aromatic carbocycles. The fourth-order valence-electron chi connectivity index (χ4n) is 1.34. The molecule has 1 aromatic heterocycles. The minimum Gasteiger partial charge on any atom is -0.481 e. The molecule has 0 fully saturated rings. The van der Waals surface area contributed by atoms with E-state index in [1.165, 1.54) is 5.56 Å². The van der Waals surface area contributed by atoms with Crippen LogP contribution in [0.4, 0.5) is 0 Å². The maximum absolute atomic E-state index is 10.3. The van der Waals surface area contributed by atoms with Crippen LogP contribution in [0.5, 0.6) is 0 Å². The standard InChI is InChI=1S/C11H17NO2S/c1-9(2-3-11(13)14)12-6-4-10-5-7-15-8-10/h5,7-9,12H,2-4,6H2,1H3,(H,13,14). The molecule has 1 rings (SSSR count). The molecule has 4 heteroatoms. The third-order valence-electron chi connectivity index (χ3n) is 2.28. The number of rotatable bonds is 7. The summed E-state index contributed by atoms with van der Waals surface area (Å²) in [7, 11) is 0. The van der Waals surface area contributed by atoms with Crippen LogP contribution in [0.1, 0.15) is 25.3 Å². The molecule has 1 unspecified atom stereocenters. The molecule has 0 saturated carbocycles. The Morgan fingerprint density at radius 2 is 2.47 bits per heavy atom. The summed E-state index contributed by atoms with van der Waals surface area (Å²) in [5, 5.41) is 16.0. The van der Waals surface area contributed by atoms with E-state index < -0.39 is 5.97 Å². The lowest BCUT2D eigenvalue weighted by molar-refractivity contribution is -0.137. The molecule has 2 N–H and O–H groups in total. The van der Waals surface area contributed by atoms with E-state index in [0.717, 1.165) is 13.0 Å². The molecular weight excluding hydrogens is 210 g/mol. The molecule has 0 radical (unpaired) electrons. The van der Waals surface area contributed by atoms with Gasteiger partial charge in [0.15, 0.2) is 0 Å². The van der Waals surface area contributed by atoms with Gasteiger partial charge in [-0.05, 0) is 48.7 Å². The Balaban J connectivity index is 2.06. The highest BCUT2D eigenvalue weighted by atomic mass is 32.1. The minimum atomic E-state index is -0.721. The van der Waals surface area contributed by atoms with Gasteiger partial charge < -0.3 is 10.4 Å². The Kier molecular flexibility index (Phi) is 5.36. The highest BCUT2D eigenvalue weighted by molar-refractivity contribution is 7.07. The highest BCUT2D eigenvalue weighted by Gasteiger charge is 2.04. The van der Waals surface area contributed by atoms with E-state index in [-0.39, 0.29) is 12.5 Å². The predicted octanol–water partition coefficient (Wildman–Crippen LogP) is 2.13. The van der Waals surface area contributed by atoms with Gasteiger partial charge >= 0.3 is 5.97 Å². The second-order valence-electron chi connectivity index (χ2n) is 3.67. The number of carboxylic acid groups (broad SMARTS) is 1. The Labute approximate surface area is 94.1 Å². The molecule has 1 atom stereocenters. The SMILES string of the molecule is CC(CCC(=O)O)NCCc1ccsc1. The van der Waals surface area contributed by atoms with Gasteiger partial charge in [0.05, 0.1) is 0 Å². The number of hydrogen-bond acceptors (Lipinski definition) is 3. The molecule has 0 aliphatic heterocycles. The Morgan fingerprint density at radius 1 is 1.67 bits per heavy atom. The van der Waals surface area contributed by atoms with Crippen molar-refractivity contribution in [2.24, 2.45) is 0 Å². The van der Waals surface area contributed by atoms with Crippen LogP contribution in [0.3, 0.4) is 0 Å². The summed E-state index contributed by atoms with van der Waals surface area (Å²) >= 11 is 1.71. The fourth-order valence-corrected chi connectivity index (χ4v) is 2.04. The zero-order valence-electron chi connectivity index (χ0n) is 8.90. The summed E-state index contributed by atoms with van der Waals surface area (Å²) in [4.78, 5) is 10.3. The fraction of sp³-hybridized carbons (Fsp3) is 0.545. The van der Waals surface area contributed by atoms with Gasteiger partial charge in [-0.1, -0.05) is 0 Å². The Bertz CT molecular complexity index is 285. The molecule has 0 bridgehead atoms. The average molecular weight is 227 g/mol. The van der Waals surface area contributed by atoms with Crippen LogP contribution in [0.2, 0.25) is 0 Å². The summed E-state index contributed by atoms with van der Waals surface area (Å²) in [6.07, 6.45) is 1.95. The smallest absolute Gasteiger partial charge is 0.303 e. The summed E-state index contributed by atoms with van der Waals surface area (Å²) in [5.74, 6) is -0.721. The van der Waals surface area contributed by atoms with E-state index in [4.69, 9.17) is 5.11 Å². The van der Waals surface area contributed by atoms with Crippen molar-refractivity contribution in [1.29, 1.82) is 0 Å². The van der Waals surface area contributed by atoms with Crippen LogP contribution in [0.15, 0.2) is 16.8 Å². The van der Waals surface area contributed by atoms with Gasteiger partial charge in [-0.2, -0.15) is 11.3 Å². The van der Waals surface area contributed by atoms with Gasteiger partial charge in [-0.3, -0.25) is 4.79 Å². The molecule has 0 aliphatic carbocycles. The zero-order chi connectivity index (χ0) is 11.1. The zero-order valence-corrected chi connectivity index (χ0v) is 9.72. The largest absolute Gasteiger partial charge is 0.481 e. The first-order chi connectivity index (χ1) is 7.18. The van der Waals surface area contributed by atoms with Crippen molar-refractivity contribution >= 4 is 17.3 Å². The van der Waals surface area contributed by atoms with E-state index in [9.17, 15) is 4.79 Å². The van der Waals surface area contributed by atoms with Crippen LogP contribution < -0.4 is 5.32 Å². The minimum absolute atomic E-state index is 0.243. The van der Waals surface area contributed by atoms with Crippen molar-refractivity contribution in [3.63, 3.8) is 0 Å². The maximum atomic E-state index is 10.3. The van der Waals surface area contributed by atoms with Gasteiger partial charge in [-0.25, -0.2) is 0 Å². The van der Waals surface area contributed by atoms with Crippen LogP contribution in [0.25, 0.3) is 0 Å². The topological polar surface area (TPSA) is 49.3 Å². The number of hydrogen-bond donors (Lipinski definition) is 2. The predicted molar refractivity (Wildman–Crippen MR) is 62.4 cm³/mol. The number of carboxylic acids is 1. The van der Waals surface area contributed by atoms with Crippen molar-refractivity contribution in [2.45, 2.75) is 32.2 Å². The van der Waals surface area contributed by atoms with Crippen molar-refractivity contribution in [3.05, 3.63) is 22.4 Å². The molecule has 0 spiro atoms. The normalized spacial score (nSPS) is 12.6.